The smallest absolute Gasteiger partial charge is 0.0951 e. The molecule has 4 heteroatoms. The Balaban J connectivity index is 1.76. The maximum Gasteiger partial charge on any atom is 0.0951 e. The van der Waals surface area contributed by atoms with E-state index in [4.69, 9.17) is 5.73 Å². The largest absolute Gasteiger partial charge is 0.329 e. The molecule has 4 nitrogen and oxygen atoms in total. The highest BCUT2D eigenvalue weighted by atomic mass is 15.2. The summed E-state index contributed by atoms with van der Waals surface area (Å²) >= 11 is 0. The number of aromatic nitrogens is 2. The van der Waals surface area contributed by atoms with Gasteiger partial charge in [-0.3, -0.25) is 0 Å². The minimum atomic E-state index is -0.116. The fraction of sp³-hybridized carbons (Fsp3) is 0.471. The Labute approximate surface area is 126 Å². The van der Waals surface area contributed by atoms with Crippen molar-refractivity contribution in [2.75, 3.05) is 19.6 Å². The summed E-state index contributed by atoms with van der Waals surface area (Å²) in [4.78, 5) is 6.86. The number of imidazole rings is 1. The molecule has 21 heavy (non-hydrogen) atoms. The zero-order valence-electron chi connectivity index (χ0n) is 12.7. The summed E-state index contributed by atoms with van der Waals surface area (Å²) in [6, 6.07) is 10.5. The minimum absolute atomic E-state index is 0.116. The molecule has 1 saturated heterocycles. The number of rotatable bonds is 5. The zero-order chi connectivity index (χ0) is 14.7. The summed E-state index contributed by atoms with van der Waals surface area (Å²) in [6.07, 6.45) is 6.47. The van der Waals surface area contributed by atoms with Crippen LogP contribution in [0.4, 0.5) is 0 Å². The quantitative estimate of drug-likeness (QED) is 0.918. The highest BCUT2D eigenvalue weighted by molar-refractivity contribution is 5.26. The van der Waals surface area contributed by atoms with E-state index in [1.54, 1.807) is 0 Å². The monoisotopic (exact) mass is 284 g/mol. The molecule has 1 aliphatic heterocycles. The van der Waals surface area contributed by atoms with Crippen LogP contribution in [0.3, 0.4) is 0 Å². The fourth-order valence-corrected chi connectivity index (χ4v) is 3.18. The van der Waals surface area contributed by atoms with Crippen molar-refractivity contribution in [1.29, 1.82) is 0 Å². The van der Waals surface area contributed by atoms with Crippen molar-refractivity contribution in [3.63, 3.8) is 0 Å². The molecule has 1 fully saturated rings. The fourth-order valence-electron chi connectivity index (χ4n) is 3.18. The normalized spacial score (nSPS) is 18.8. The van der Waals surface area contributed by atoms with Crippen LogP contribution in [0.25, 0.3) is 0 Å². The molecule has 3 rings (SSSR count). The van der Waals surface area contributed by atoms with Crippen molar-refractivity contribution in [3.8, 4) is 0 Å². The number of hydrogen-bond donors (Lipinski definition) is 1. The molecule has 0 bridgehead atoms. The lowest BCUT2D eigenvalue weighted by atomic mass is 10.0. The molecule has 2 atom stereocenters. The van der Waals surface area contributed by atoms with Gasteiger partial charge in [-0.15, -0.1) is 0 Å². The lowest BCUT2D eigenvalue weighted by Crippen LogP contribution is -2.28. The number of nitrogens with zero attached hydrogens (tertiary/aromatic N) is 3. The van der Waals surface area contributed by atoms with Gasteiger partial charge in [0.25, 0.3) is 0 Å². The van der Waals surface area contributed by atoms with Gasteiger partial charge < -0.3 is 15.2 Å². The predicted octanol–water partition coefficient (Wildman–Crippen LogP) is 2.59. The van der Waals surface area contributed by atoms with Crippen LogP contribution in [0.15, 0.2) is 42.9 Å². The van der Waals surface area contributed by atoms with E-state index >= 15 is 0 Å². The van der Waals surface area contributed by atoms with Crippen molar-refractivity contribution < 1.29 is 0 Å². The Morgan fingerprint density at radius 3 is 2.62 bits per heavy atom. The molecule has 2 aromatic rings. The van der Waals surface area contributed by atoms with E-state index in [0.29, 0.717) is 6.04 Å². The molecule has 2 heterocycles. The van der Waals surface area contributed by atoms with Crippen LogP contribution in [0.1, 0.15) is 43.1 Å². The third-order valence-corrected chi connectivity index (χ3v) is 4.37. The van der Waals surface area contributed by atoms with Gasteiger partial charge in [0.1, 0.15) is 0 Å². The van der Waals surface area contributed by atoms with Crippen molar-refractivity contribution in [2.24, 2.45) is 5.73 Å². The predicted molar refractivity (Wildman–Crippen MR) is 85.1 cm³/mol. The standard InChI is InChI=1S/C17H24N4/c1-14(12-20-9-5-6-10-20)21-13-19-11-16(21)17(18)15-7-3-2-4-8-15/h2-4,7-8,11,13-14,17H,5-6,9-10,12,18H2,1H3. The van der Waals surface area contributed by atoms with E-state index in [-0.39, 0.29) is 6.04 Å². The second-order valence-corrected chi connectivity index (χ2v) is 5.97. The Morgan fingerprint density at radius 2 is 1.90 bits per heavy atom. The number of likely N-dealkylation sites (tertiary alicyclic amines) is 1. The zero-order valence-corrected chi connectivity index (χ0v) is 12.7. The van der Waals surface area contributed by atoms with E-state index < -0.39 is 0 Å². The lowest BCUT2D eigenvalue weighted by Gasteiger charge is -2.24. The van der Waals surface area contributed by atoms with Crippen LogP contribution in [0, 0.1) is 0 Å². The second-order valence-electron chi connectivity index (χ2n) is 5.97. The van der Waals surface area contributed by atoms with Crippen LogP contribution >= 0.6 is 0 Å². The van der Waals surface area contributed by atoms with E-state index in [1.807, 2.05) is 30.7 Å². The van der Waals surface area contributed by atoms with E-state index in [1.165, 1.54) is 25.9 Å². The SMILES string of the molecule is CC(CN1CCCC1)n1cncc1C(N)c1ccccc1. The highest BCUT2D eigenvalue weighted by Crippen LogP contribution is 2.23. The maximum atomic E-state index is 6.43. The first-order valence-electron chi connectivity index (χ1n) is 7.80. The van der Waals surface area contributed by atoms with Gasteiger partial charge in [0.2, 0.25) is 0 Å². The van der Waals surface area contributed by atoms with Gasteiger partial charge in [-0.1, -0.05) is 30.3 Å². The topological polar surface area (TPSA) is 47.1 Å². The summed E-state index contributed by atoms with van der Waals surface area (Å²) in [6.45, 7) is 5.77. The Bertz CT molecular complexity index is 557. The highest BCUT2D eigenvalue weighted by Gasteiger charge is 2.20. The molecule has 0 amide bonds. The van der Waals surface area contributed by atoms with E-state index in [0.717, 1.165) is 17.8 Å². The van der Waals surface area contributed by atoms with Gasteiger partial charge in [-0.25, -0.2) is 4.98 Å². The molecule has 1 aromatic carbocycles. The Morgan fingerprint density at radius 1 is 1.19 bits per heavy atom. The van der Waals surface area contributed by atoms with Gasteiger partial charge in [-0.05, 0) is 38.4 Å². The van der Waals surface area contributed by atoms with Crippen molar-refractivity contribution in [3.05, 3.63) is 54.1 Å². The third kappa shape index (κ3) is 3.17. The second kappa shape index (κ2) is 6.41. The van der Waals surface area contributed by atoms with Crippen LogP contribution in [0.2, 0.25) is 0 Å². The van der Waals surface area contributed by atoms with E-state index in [2.05, 4.69) is 33.5 Å². The van der Waals surface area contributed by atoms with Gasteiger partial charge >= 0.3 is 0 Å². The molecule has 1 aromatic heterocycles. The van der Waals surface area contributed by atoms with E-state index in [9.17, 15) is 0 Å². The number of benzene rings is 1. The molecule has 112 valence electrons. The summed E-state index contributed by atoms with van der Waals surface area (Å²) in [5.41, 5.74) is 8.66. The molecule has 2 unspecified atom stereocenters. The molecule has 0 spiro atoms. The maximum absolute atomic E-state index is 6.43. The van der Waals surface area contributed by atoms with Crippen LogP contribution < -0.4 is 5.73 Å². The van der Waals surface area contributed by atoms with Crippen molar-refractivity contribution >= 4 is 0 Å². The van der Waals surface area contributed by atoms with Crippen LogP contribution in [-0.4, -0.2) is 34.1 Å². The van der Waals surface area contributed by atoms with Crippen LogP contribution in [0.5, 0.6) is 0 Å². The van der Waals surface area contributed by atoms with Crippen LogP contribution in [-0.2, 0) is 0 Å². The average molecular weight is 284 g/mol. The third-order valence-electron chi connectivity index (χ3n) is 4.37. The van der Waals surface area contributed by atoms with Gasteiger partial charge in [-0.2, -0.15) is 0 Å². The molecular formula is C17H24N4. The molecule has 0 radical (unpaired) electrons. The molecular weight excluding hydrogens is 260 g/mol. The molecule has 2 N–H and O–H groups in total. The molecule has 0 saturated carbocycles. The van der Waals surface area contributed by atoms with Crippen molar-refractivity contribution in [1.82, 2.24) is 14.5 Å². The summed E-state index contributed by atoms with van der Waals surface area (Å²) in [5, 5.41) is 0. The average Bonchev–Trinajstić information content (AvgIpc) is 3.18. The number of hydrogen-bond acceptors (Lipinski definition) is 3. The first-order chi connectivity index (χ1) is 10.3. The van der Waals surface area contributed by atoms with Crippen molar-refractivity contribution in [2.45, 2.75) is 31.8 Å². The summed E-state index contributed by atoms with van der Waals surface area (Å²) < 4.78 is 2.23. The summed E-state index contributed by atoms with van der Waals surface area (Å²) in [7, 11) is 0. The summed E-state index contributed by atoms with van der Waals surface area (Å²) in [5.74, 6) is 0. The lowest BCUT2D eigenvalue weighted by molar-refractivity contribution is 0.284. The first kappa shape index (κ1) is 14.3. The Kier molecular flexibility index (Phi) is 4.36. The Hall–Kier alpha value is -1.65. The molecule has 1 aliphatic rings. The molecule has 0 aliphatic carbocycles. The first-order valence-corrected chi connectivity index (χ1v) is 7.80. The van der Waals surface area contributed by atoms with Gasteiger partial charge in [0, 0.05) is 12.6 Å². The van der Waals surface area contributed by atoms with Gasteiger partial charge in [0.05, 0.1) is 24.3 Å². The minimum Gasteiger partial charge on any atom is -0.329 e. The van der Waals surface area contributed by atoms with Gasteiger partial charge in [0.15, 0.2) is 0 Å². The number of nitrogens with two attached hydrogens (primary N) is 1.